The molecule has 1 rings (SSSR count). The lowest BCUT2D eigenvalue weighted by molar-refractivity contribution is 0.588. The molecule has 0 aliphatic rings. The zero-order valence-corrected chi connectivity index (χ0v) is 10.7. The van der Waals surface area contributed by atoms with Gasteiger partial charge in [-0.05, 0) is 13.1 Å². The molecule has 0 amide bonds. The van der Waals surface area contributed by atoms with Crippen LogP contribution in [0.25, 0.3) is 0 Å². The average Bonchev–Trinajstić information content (AvgIpc) is 2.25. The Morgan fingerprint density at radius 1 is 1.47 bits per heavy atom. The highest BCUT2D eigenvalue weighted by atomic mass is 35.5. The maximum absolute atomic E-state index is 13.0. The highest BCUT2D eigenvalue weighted by Crippen LogP contribution is 2.25. The number of nitrogens with one attached hydrogen (secondary N) is 2. The van der Waals surface area contributed by atoms with Gasteiger partial charge in [-0.25, -0.2) is 17.5 Å². The fourth-order valence-electron chi connectivity index (χ4n) is 1.14. The minimum atomic E-state index is -3.28. The van der Waals surface area contributed by atoms with Gasteiger partial charge >= 0.3 is 0 Å². The Morgan fingerprint density at radius 3 is 2.71 bits per heavy atom. The molecule has 0 radical (unpaired) electrons. The first-order valence-corrected chi connectivity index (χ1v) is 6.78. The third-order valence-electron chi connectivity index (χ3n) is 2.09. The first kappa shape index (κ1) is 14.0. The van der Waals surface area contributed by atoms with Crippen molar-refractivity contribution in [2.75, 3.05) is 30.4 Å². The van der Waals surface area contributed by atoms with Crippen molar-refractivity contribution >= 4 is 33.0 Å². The number of halogens is 2. The van der Waals surface area contributed by atoms with E-state index in [1.165, 1.54) is 13.1 Å². The zero-order valence-electron chi connectivity index (χ0n) is 9.13. The number of sulfonamides is 1. The van der Waals surface area contributed by atoms with Gasteiger partial charge in [0, 0.05) is 12.6 Å². The molecule has 0 saturated heterocycles. The Labute approximate surface area is 104 Å². The molecule has 0 aromatic heterocycles. The van der Waals surface area contributed by atoms with Gasteiger partial charge in [0.2, 0.25) is 10.0 Å². The van der Waals surface area contributed by atoms with E-state index in [-0.39, 0.29) is 23.0 Å². The Hall–Kier alpha value is -1.05. The predicted octanol–water partition coefficient (Wildman–Crippen LogP) is 1.02. The summed E-state index contributed by atoms with van der Waals surface area (Å²) in [6.07, 6.45) is 0. The van der Waals surface area contributed by atoms with E-state index >= 15 is 0 Å². The summed E-state index contributed by atoms with van der Waals surface area (Å²) in [6.45, 7) is 0.148. The predicted molar refractivity (Wildman–Crippen MR) is 67.2 cm³/mol. The van der Waals surface area contributed by atoms with E-state index in [0.717, 1.165) is 6.07 Å². The molecule has 0 atom stereocenters. The lowest BCUT2D eigenvalue weighted by atomic mass is 10.2. The molecule has 0 heterocycles. The third-order valence-corrected chi connectivity index (χ3v) is 3.74. The molecule has 8 heteroatoms. The van der Waals surface area contributed by atoms with Crippen LogP contribution in [0.4, 0.5) is 15.8 Å². The van der Waals surface area contributed by atoms with Crippen LogP contribution in [0.5, 0.6) is 0 Å². The smallest absolute Gasteiger partial charge is 0.213 e. The largest absolute Gasteiger partial charge is 0.397 e. The molecule has 5 nitrogen and oxygen atoms in total. The molecular weight excluding hydrogens is 269 g/mol. The van der Waals surface area contributed by atoms with Crippen LogP contribution >= 0.6 is 11.6 Å². The molecule has 17 heavy (non-hydrogen) atoms. The molecule has 96 valence electrons. The van der Waals surface area contributed by atoms with Crippen molar-refractivity contribution in [1.29, 1.82) is 0 Å². The molecule has 1 aromatic carbocycles. The second-order valence-corrected chi connectivity index (χ2v) is 5.76. The van der Waals surface area contributed by atoms with Gasteiger partial charge in [0.05, 0.1) is 22.2 Å². The van der Waals surface area contributed by atoms with Gasteiger partial charge in [-0.2, -0.15) is 0 Å². The highest BCUT2D eigenvalue weighted by molar-refractivity contribution is 7.89. The number of nitrogen functional groups attached to an aromatic ring is 1. The molecule has 1 aromatic rings. The van der Waals surface area contributed by atoms with Gasteiger partial charge in [-0.15, -0.1) is 0 Å². The molecule has 0 aliphatic heterocycles. The van der Waals surface area contributed by atoms with Crippen molar-refractivity contribution in [2.24, 2.45) is 0 Å². The van der Waals surface area contributed by atoms with Crippen LogP contribution in [0.2, 0.25) is 5.02 Å². The highest BCUT2D eigenvalue weighted by Gasteiger charge is 2.09. The van der Waals surface area contributed by atoms with Gasteiger partial charge < -0.3 is 11.1 Å². The van der Waals surface area contributed by atoms with Crippen LogP contribution in [0.3, 0.4) is 0 Å². The Kier molecular flexibility index (Phi) is 4.55. The minimum absolute atomic E-state index is 0.0711. The summed E-state index contributed by atoms with van der Waals surface area (Å²) >= 11 is 5.58. The Bertz CT molecular complexity index is 507. The topological polar surface area (TPSA) is 84.2 Å². The average molecular weight is 282 g/mol. The summed E-state index contributed by atoms with van der Waals surface area (Å²) in [5.74, 6) is -0.727. The fourth-order valence-corrected chi connectivity index (χ4v) is 1.88. The van der Waals surface area contributed by atoms with Crippen molar-refractivity contribution in [1.82, 2.24) is 4.72 Å². The number of hydrogen-bond donors (Lipinski definition) is 3. The monoisotopic (exact) mass is 281 g/mol. The molecule has 0 aliphatic carbocycles. The second-order valence-electron chi connectivity index (χ2n) is 3.30. The van der Waals surface area contributed by atoms with Crippen molar-refractivity contribution in [3.05, 3.63) is 23.0 Å². The lowest BCUT2D eigenvalue weighted by Crippen LogP contribution is -2.26. The number of nitrogens with two attached hydrogens (primary N) is 1. The first-order chi connectivity index (χ1) is 7.85. The molecule has 4 N–H and O–H groups in total. The van der Waals surface area contributed by atoms with E-state index in [0.29, 0.717) is 5.69 Å². The SMILES string of the molecule is CNS(=O)(=O)CCNc1cc(Cl)c(F)cc1N. The zero-order chi connectivity index (χ0) is 13.1. The summed E-state index contributed by atoms with van der Waals surface area (Å²) in [7, 11) is -1.95. The normalized spacial score (nSPS) is 11.5. The van der Waals surface area contributed by atoms with E-state index in [2.05, 4.69) is 10.0 Å². The second kappa shape index (κ2) is 5.52. The lowest BCUT2D eigenvalue weighted by Gasteiger charge is -2.10. The van der Waals surface area contributed by atoms with Crippen molar-refractivity contribution in [3.8, 4) is 0 Å². The van der Waals surface area contributed by atoms with E-state index < -0.39 is 15.8 Å². The fraction of sp³-hybridized carbons (Fsp3) is 0.333. The van der Waals surface area contributed by atoms with Crippen LogP contribution in [-0.2, 0) is 10.0 Å². The molecule has 0 spiro atoms. The molecule has 0 bridgehead atoms. The summed E-state index contributed by atoms with van der Waals surface area (Å²) in [4.78, 5) is 0. The summed E-state index contributed by atoms with van der Waals surface area (Å²) in [5, 5.41) is 2.70. The van der Waals surface area contributed by atoms with E-state index in [4.69, 9.17) is 17.3 Å². The van der Waals surface area contributed by atoms with Gasteiger partial charge in [0.15, 0.2) is 0 Å². The number of anilines is 2. The summed E-state index contributed by atoms with van der Waals surface area (Å²) in [6, 6.07) is 2.40. The summed E-state index contributed by atoms with van der Waals surface area (Å²) < 4.78 is 37.4. The minimum Gasteiger partial charge on any atom is -0.397 e. The standard InChI is InChI=1S/C9H13ClFN3O2S/c1-13-17(15,16)3-2-14-9-4-6(10)7(11)5-8(9)12/h4-5,13-14H,2-3,12H2,1H3. The van der Waals surface area contributed by atoms with E-state index in [1.54, 1.807) is 0 Å². The van der Waals surface area contributed by atoms with Gasteiger partial charge in [-0.1, -0.05) is 11.6 Å². The maximum Gasteiger partial charge on any atom is 0.213 e. The van der Waals surface area contributed by atoms with Gasteiger partial charge in [0.25, 0.3) is 0 Å². The quantitative estimate of drug-likeness (QED) is 0.704. The van der Waals surface area contributed by atoms with E-state index in [9.17, 15) is 12.8 Å². The van der Waals surface area contributed by atoms with Gasteiger partial charge in [0.1, 0.15) is 5.82 Å². The van der Waals surface area contributed by atoms with Crippen LogP contribution in [-0.4, -0.2) is 27.8 Å². The number of benzene rings is 1. The van der Waals surface area contributed by atoms with Crippen molar-refractivity contribution in [3.63, 3.8) is 0 Å². The summed E-state index contributed by atoms with van der Waals surface area (Å²) in [5.41, 5.74) is 6.13. The van der Waals surface area contributed by atoms with Crippen LogP contribution in [0.15, 0.2) is 12.1 Å². The van der Waals surface area contributed by atoms with Crippen LogP contribution in [0, 0.1) is 5.82 Å². The molecule has 0 fully saturated rings. The van der Waals surface area contributed by atoms with Crippen molar-refractivity contribution < 1.29 is 12.8 Å². The van der Waals surface area contributed by atoms with Crippen LogP contribution < -0.4 is 15.8 Å². The van der Waals surface area contributed by atoms with Crippen molar-refractivity contribution in [2.45, 2.75) is 0 Å². The molecular formula is C9H13ClFN3O2S. The van der Waals surface area contributed by atoms with Gasteiger partial charge in [-0.3, -0.25) is 0 Å². The van der Waals surface area contributed by atoms with E-state index in [1.807, 2.05) is 0 Å². The third kappa shape index (κ3) is 4.03. The Balaban J connectivity index is 2.68. The van der Waals surface area contributed by atoms with Crippen LogP contribution in [0.1, 0.15) is 0 Å². The molecule has 0 unspecified atom stereocenters. The molecule has 0 saturated carbocycles. The number of rotatable bonds is 5. The maximum atomic E-state index is 13.0. The first-order valence-electron chi connectivity index (χ1n) is 4.75. The number of hydrogen-bond acceptors (Lipinski definition) is 4. The Morgan fingerprint density at radius 2 is 2.12 bits per heavy atom.